The summed E-state index contributed by atoms with van der Waals surface area (Å²) in [5, 5.41) is 5.80. The third kappa shape index (κ3) is 4.47. The van der Waals surface area contributed by atoms with Gasteiger partial charge in [-0.15, -0.1) is 0 Å². The van der Waals surface area contributed by atoms with Gasteiger partial charge in [-0.25, -0.2) is 0 Å². The minimum absolute atomic E-state index is 0.0557. The van der Waals surface area contributed by atoms with E-state index in [0.717, 1.165) is 12.8 Å². The van der Waals surface area contributed by atoms with Crippen molar-refractivity contribution in [2.75, 3.05) is 19.8 Å². The Kier molecular flexibility index (Phi) is 6.46. The van der Waals surface area contributed by atoms with Gasteiger partial charge >= 0.3 is 0 Å². The molecule has 0 aromatic heterocycles. The van der Waals surface area contributed by atoms with E-state index in [2.05, 4.69) is 17.6 Å². The summed E-state index contributed by atoms with van der Waals surface area (Å²) in [6.45, 7) is 9.93. The van der Waals surface area contributed by atoms with Gasteiger partial charge in [0.05, 0.1) is 6.61 Å². The van der Waals surface area contributed by atoms with E-state index in [1.54, 1.807) is 0 Å². The highest BCUT2D eigenvalue weighted by Crippen LogP contribution is 2.40. The zero-order valence-corrected chi connectivity index (χ0v) is 13.1. The number of ether oxygens (including phenoxy) is 1. The van der Waals surface area contributed by atoms with Crippen LogP contribution < -0.4 is 10.6 Å². The lowest BCUT2D eigenvalue weighted by Crippen LogP contribution is -2.55. The summed E-state index contributed by atoms with van der Waals surface area (Å²) in [4.78, 5) is 22.9. The third-order valence-electron chi connectivity index (χ3n) is 4.27. The lowest BCUT2D eigenvalue weighted by molar-refractivity contribution is -0.139. The van der Waals surface area contributed by atoms with Crippen LogP contribution >= 0.6 is 0 Å². The average molecular weight is 284 g/mol. The van der Waals surface area contributed by atoms with E-state index in [1.165, 1.54) is 0 Å². The van der Waals surface area contributed by atoms with Crippen LogP contribution in [0.25, 0.3) is 0 Å². The molecule has 0 aliphatic heterocycles. The summed E-state index contributed by atoms with van der Waals surface area (Å²) < 4.78 is 5.46. The van der Waals surface area contributed by atoms with E-state index in [-0.39, 0.29) is 29.2 Å². The van der Waals surface area contributed by atoms with Crippen LogP contribution in [-0.4, -0.2) is 37.6 Å². The Labute approximate surface area is 121 Å². The van der Waals surface area contributed by atoms with Crippen molar-refractivity contribution in [1.29, 1.82) is 0 Å². The highest BCUT2D eigenvalue weighted by atomic mass is 16.5. The Bertz CT molecular complexity index is 331. The first kappa shape index (κ1) is 17.0. The highest BCUT2D eigenvalue weighted by molar-refractivity contribution is 5.81. The molecule has 2 N–H and O–H groups in total. The van der Waals surface area contributed by atoms with E-state index >= 15 is 0 Å². The quantitative estimate of drug-likeness (QED) is 0.628. The van der Waals surface area contributed by atoms with Gasteiger partial charge in [-0.05, 0) is 45.4 Å². The summed E-state index contributed by atoms with van der Waals surface area (Å²) in [6, 6.07) is 0. The number of carbonyl (C=O) groups excluding carboxylic acids is 2. The zero-order chi connectivity index (χ0) is 15.2. The first-order valence-corrected chi connectivity index (χ1v) is 7.52. The molecule has 1 rings (SSSR count). The van der Waals surface area contributed by atoms with Crippen LogP contribution in [0.15, 0.2) is 0 Å². The summed E-state index contributed by atoms with van der Waals surface area (Å²) in [5.74, 6) is 0.518. The van der Waals surface area contributed by atoms with Crippen molar-refractivity contribution in [1.82, 2.24) is 10.6 Å². The van der Waals surface area contributed by atoms with Crippen LogP contribution in [0.1, 0.15) is 40.5 Å². The molecule has 116 valence electrons. The Balaban J connectivity index is 2.61. The molecule has 0 aromatic carbocycles. The Morgan fingerprint density at radius 2 is 2.05 bits per heavy atom. The van der Waals surface area contributed by atoms with Crippen LogP contribution in [-0.2, 0) is 14.3 Å². The van der Waals surface area contributed by atoms with Gasteiger partial charge in [0.2, 0.25) is 12.3 Å². The van der Waals surface area contributed by atoms with Crippen molar-refractivity contribution < 1.29 is 14.3 Å². The molecule has 5 heteroatoms. The maximum atomic E-state index is 12.5. The van der Waals surface area contributed by atoms with E-state index in [0.29, 0.717) is 26.2 Å². The number of amides is 2. The van der Waals surface area contributed by atoms with Crippen molar-refractivity contribution in [3.63, 3.8) is 0 Å². The first-order valence-electron chi connectivity index (χ1n) is 7.52. The van der Waals surface area contributed by atoms with E-state index in [9.17, 15) is 9.59 Å². The number of carbonyl (C=O) groups is 2. The molecule has 0 bridgehead atoms. The van der Waals surface area contributed by atoms with Gasteiger partial charge in [0.15, 0.2) is 0 Å². The molecule has 1 aliphatic rings. The highest BCUT2D eigenvalue weighted by Gasteiger charge is 2.46. The van der Waals surface area contributed by atoms with E-state index in [1.807, 2.05) is 20.8 Å². The number of hydrogen-bond donors (Lipinski definition) is 2. The molecule has 0 saturated heterocycles. The minimum atomic E-state index is -0.189. The van der Waals surface area contributed by atoms with Gasteiger partial charge in [0, 0.05) is 24.6 Å². The molecule has 20 heavy (non-hydrogen) atoms. The molecule has 5 nitrogen and oxygen atoms in total. The number of hydrogen-bond acceptors (Lipinski definition) is 3. The second-order valence-electron chi connectivity index (χ2n) is 6.19. The standard InChI is InChI=1S/C15H28N2O3/c1-5-15(3,4)17-14(19)13-11(8-16-10-18)7-12(13)9-20-6-2/h10-13H,5-9H2,1-4H3,(H,16,18)(H,17,19). The molecule has 1 aliphatic carbocycles. The Morgan fingerprint density at radius 1 is 1.35 bits per heavy atom. The Hall–Kier alpha value is -1.10. The van der Waals surface area contributed by atoms with E-state index in [4.69, 9.17) is 4.74 Å². The van der Waals surface area contributed by atoms with Crippen molar-refractivity contribution in [2.45, 2.75) is 46.1 Å². The lowest BCUT2D eigenvalue weighted by Gasteiger charge is -2.44. The minimum Gasteiger partial charge on any atom is -0.381 e. The van der Waals surface area contributed by atoms with Gasteiger partial charge in [-0.2, -0.15) is 0 Å². The van der Waals surface area contributed by atoms with E-state index < -0.39 is 0 Å². The normalized spacial score (nSPS) is 25.7. The van der Waals surface area contributed by atoms with Crippen molar-refractivity contribution >= 4 is 12.3 Å². The molecule has 3 atom stereocenters. The summed E-state index contributed by atoms with van der Waals surface area (Å²) >= 11 is 0. The second kappa shape index (κ2) is 7.62. The van der Waals surface area contributed by atoms with Crippen LogP contribution in [0.5, 0.6) is 0 Å². The smallest absolute Gasteiger partial charge is 0.224 e. The molecule has 2 amide bonds. The van der Waals surface area contributed by atoms with Gasteiger partial charge in [0.25, 0.3) is 0 Å². The predicted octanol–water partition coefficient (Wildman–Crippen LogP) is 1.33. The molecular formula is C15H28N2O3. The summed E-state index contributed by atoms with van der Waals surface area (Å²) in [7, 11) is 0. The Morgan fingerprint density at radius 3 is 2.60 bits per heavy atom. The van der Waals surface area contributed by atoms with Gasteiger partial charge in [-0.1, -0.05) is 6.92 Å². The fourth-order valence-corrected chi connectivity index (χ4v) is 2.66. The zero-order valence-electron chi connectivity index (χ0n) is 13.1. The van der Waals surface area contributed by atoms with Crippen LogP contribution in [0, 0.1) is 17.8 Å². The van der Waals surface area contributed by atoms with Gasteiger partial charge in [0.1, 0.15) is 0 Å². The van der Waals surface area contributed by atoms with Crippen LogP contribution in [0.4, 0.5) is 0 Å². The van der Waals surface area contributed by atoms with Crippen LogP contribution in [0.2, 0.25) is 0 Å². The molecular weight excluding hydrogens is 256 g/mol. The van der Waals surface area contributed by atoms with Crippen LogP contribution in [0.3, 0.4) is 0 Å². The second-order valence-corrected chi connectivity index (χ2v) is 6.19. The van der Waals surface area contributed by atoms with Gasteiger partial charge in [-0.3, -0.25) is 9.59 Å². The monoisotopic (exact) mass is 284 g/mol. The van der Waals surface area contributed by atoms with Crippen molar-refractivity contribution in [2.24, 2.45) is 17.8 Å². The predicted molar refractivity (Wildman–Crippen MR) is 78.2 cm³/mol. The summed E-state index contributed by atoms with van der Waals surface area (Å²) in [5.41, 5.74) is -0.189. The maximum absolute atomic E-state index is 12.5. The molecule has 0 spiro atoms. The molecule has 0 heterocycles. The number of nitrogens with one attached hydrogen (secondary N) is 2. The lowest BCUT2D eigenvalue weighted by atomic mass is 9.64. The summed E-state index contributed by atoms with van der Waals surface area (Å²) in [6.07, 6.45) is 2.52. The molecule has 0 aromatic rings. The third-order valence-corrected chi connectivity index (χ3v) is 4.27. The first-order chi connectivity index (χ1) is 9.45. The van der Waals surface area contributed by atoms with Gasteiger partial charge < -0.3 is 15.4 Å². The SMILES string of the molecule is CCOCC1CC(CNC=O)C1C(=O)NC(C)(C)CC. The molecule has 1 saturated carbocycles. The molecule has 1 fully saturated rings. The largest absolute Gasteiger partial charge is 0.381 e. The average Bonchev–Trinajstić information content (AvgIpc) is 2.36. The fourth-order valence-electron chi connectivity index (χ4n) is 2.66. The van der Waals surface area contributed by atoms with Crippen molar-refractivity contribution in [3.05, 3.63) is 0 Å². The van der Waals surface area contributed by atoms with Crippen molar-refractivity contribution in [3.8, 4) is 0 Å². The topological polar surface area (TPSA) is 67.4 Å². The number of rotatable bonds is 9. The molecule has 0 radical (unpaired) electrons. The molecule has 3 unspecified atom stereocenters. The fraction of sp³-hybridized carbons (Fsp3) is 0.867. The maximum Gasteiger partial charge on any atom is 0.224 e.